The number of para-hydroxylation sites is 1. The number of methoxy groups -OCH3 is 1. The van der Waals surface area contributed by atoms with E-state index in [0.29, 0.717) is 47.4 Å². The molecule has 0 fully saturated rings. The zero-order valence-electron chi connectivity index (χ0n) is 21.6. The highest BCUT2D eigenvalue weighted by atomic mass is 19.1. The molecule has 8 heteroatoms. The van der Waals surface area contributed by atoms with Crippen LogP contribution in [0.15, 0.2) is 66.9 Å². The number of nitrogen functional groups attached to an aromatic ring is 2. The minimum atomic E-state index is -0.697. The second-order valence-electron chi connectivity index (χ2n) is 9.01. The number of nitrogens with one attached hydrogen (secondary N) is 1. The number of rotatable bonds is 8. The minimum absolute atomic E-state index is 0.196. The third-order valence-corrected chi connectivity index (χ3v) is 6.61. The molecular formula is C30H30FN5O2. The number of anilines is 2. The second-order valence-corrected chi connectivity index (χ2v) is 9.01. The van der Waals surface area contributed by atoms with Gasteiger partial charge in [0.15, 0.2) is 11.6 Å². The molecule has 0 aliphatic heterocycles. The van der Waals surface area contributed by atoms with Crippen molar-refractivity contribution >= 4 is 22.3 Å². The van der Waals surface area contributed by atoms with E-state index in [4.69, 9.17) is 30.9 Å². The Morgan fingerprint density at radius 1 is 1.00 bits per heavy atom. The standard InChI is InChI=1S/C30H30FN5O2/c1-4-17-12-22(28(31)26(13-17)38-5-2)27(23-15-18-14-19(32)10-11-20(18)29(33)35-23)30-34-16-24(36-30)21-8-6-7-9-25(21)37-3/h6-16,27H,4-5,32H2,1-3H3,(H2,33,35)(H,34,36). The fourth-order valence-electron chi connectivity index (χ4n) is 4.76. The van der Waals surface area contributed by atoms with Crippen LogP contribution in [0.25, 0.3) is 22.0 Å². The molecule has 0 radical (unpaired) electrons. The van der Waals surface area contributed by atoms with Crippen LogP contribution in [0, 0.1) is 5.82 Å². The number of hydrogen-bond donors (Lipinski definition) is 3. The molecule has 0 saturated carbocycles. The molecule has 7 nitrogen and oxygen atoms in total. The van der Waals surface area contributed by atoms with Crippen LogP contribution in [0.5, 0.6) is 11.5 Å². The average Bonchev–Trinajstić information content (AvgIpc) is 3.40. The van der Waals surface area contributed by atoms with E-state index >= 15 is 4.39 Å². The Labute approximate surface area is 220 Å². The molecule has 2 aromatic heterocycles. The molecule has 1 atom stereocenters. The summed E-state index contributed by atoms with van der Waals surface area (Å²) in [6.07, 6.45) is 2.42. The number of imidazole rings is 1. The van der Waals surface area contributed by atoms with Crippen LogP contribution < -0.4 is 20.9 Å². The third-order valence-electron chi connectivity index (χ3n) is 6.61. The van der Waals surface area contributed by atoms with E-state index in [1.807, 2.05) is 62.4 Å². The van der Waals surface area contributed by atoms with Crippen LogP contribution >= 0.6 is 0 Å². The number of nitrogens with zero attached hydrogens (tertiary/aromatic N) is 2. The molecule has 194 valence electrons. The molecule has 0 saturated heterocycles. The Hall–Kier alpha value is -4.59. The number of benzene rings is 3. The molecule has 5 rings (SSSR count). The lowest BCUT2D eigenvalue weighted by molar-refractivity contribution is 0.319. The number of nitrogens with two attached hydrogens (primary N) is 2. The number of hydrogen-bond acceptors (Lipinski definition) is 6. The molecule has 0 bridgehead atoms. The lowest BCUT2D eigenvalue weighted by Crippen LogP contribution is -2.12. The summed E-state index contributed by atoms with van der Waals surface area (Å²) in [5.41, 5.74) is 16.5. The van der Waals surface area contributed by atoms with E-state index in [0.717, 1.165) is 27.6 Å². The summed E-state index contributed by atoms with van der Waals surface area (Å²) in [5, 5.41) is 1.58. The zero-order valence-corrected chi connectivity index (χ0v) is 21.6. The highest BCUT2D eigenvalue weighted by Gasteiger charge is 2.28. The van der Waals surface area contributed by atoms with E-state index in [1.165, 1.54) is 0 Å². The van der Waals surface area contributed by atoms with Crippen LogP contribution in [-0.2, 0) is 6.42 Å². The van der Waals surface area contributed by atoms with Crippen molar-refractivity contribution in [2.75, 3.05) is 25.2 Å². The maximum atomic E-state index is 16.1. The lowest BCUT2D eigenvalue weighted by Gasteiger charge is -2.20. The lowest BCUT2D eigenvalue weighted by atomic mass is 9.90. The Morgan fingerprint density at radius 2 is 1.82 bits per heavy atom. The first kappa shape index (κ1) is 25.1. The first-order valence-corrected chi connectivity index (χ1v) is 12.5. The minimum Gasteiger partial charge on any atom is -0.496 e. The number of halogens is 1. The monoisotopic (exact) mass is 511 g/mol. The van der Waals surface area contributed by atoms with Crippen molar-refractivity contribution in [1.82, 2.24) is 15.0 Å². The number of aryl methyl sites for hydroxylation is 1. The number of fused-ring (bicyclic) bond motifs is 1. The van der Waals surface area contributed by atoms with E-state index in [9.17, 15) is 0 Å². The van der Waals surface area contributed by atoms with Crippen molar-refractivity contribution in [3.63, 3.8) is 0 Å². The number of ether oxygens (including phenoxy) is 2. The van der Waals surface area contributed by atoms with Gasteiger partial charge in [-0.15, -0.1) is 0 Å². The number of pyridine rings is 1. The van der Waals surface area contributed by atoms with E-state index < -0.39 is 11.7 Å². The summed E-state index contributed by atoms with van der Waals surface area (Å²) in [6, 6.07) is 18.6. The summed E-state index contributed by atoms with van der Waals surface area (Å²) in [6.45, 7) is 4.19. The van der Waals surface area contributed by atoms with Crippen LogP contribution in [-0.4, -0.2) is 28.7 Å². The molecule has 0 amide bonds. The Kier molecular flexibility index (Phi) is 6.87. The van der Waals surface area contributed by atoms with Crippen LogP contribution in [0.1, 0.15) is 42.4 Å². The van der Waals surface area contributed by atoms with Gasteiger partial charge in [-0.3, -0.25) is 0 Å². The molecule has 2 heterocycles. The summed E-state index contributed by atoms with van der Waals surface area (Å²) in [5.74, 6) is 0.573. The van der Waals surface area contributed by atoms with Crippen molar-refractivity contribution in [3.05, 3.63) is 95.3 Å². The van der Waals surface area contributed by atoms with Gasteiger partial charge in [0, 0.05) is 22.2 Å². The van der Waals surface area contributed by atoms with Gasteiger partial charge in [-0.1, -0.05) is 25.1 Å². The van der Waals surface area contributed by atoms with Gasteiger partial charge in [0.05, 0.1) is 37.2 Å². The molecule has 5 N–H and O–H groups in total. The van der Waals surface area contributed by atoms with E-state index in [2.05, 4.69) is 4.98 Å². The molecular weight excluding hydrogens is 481 g/mol. The van der Waals surface area contributed by atoms with Crippen molar-refractivity contribution < 1.29 is 13.9 Å². The first-order chi connectivity index (χ1) is 18.4. The SMILES string of the molecule is CCOc1cc(CC)cc(C(c2cc3cc(N)ccc3c(N)n2)c2ncc(-c3ccccc3OC)[nH]2)c1F. The Bertz CT molecular complexity index is 1610. The highest BCUT2D eigenvalue weighted by molar-refractivity contribution is 5.93. The predicted octanol–water partition coefficient (Wildman–Crippen LogP) is 6.08. The quantitative estimate of drug-likeness (QED) is 0.218. The molecule has 0 aliphatic carbocycles. The number of aromatic amines is 1. The fraction of sp³-hybridized carbons (Fsp3) is 0.200. The smallest absolute Gasteiger partial charge is 0.169 e. The van der Waals surface area contributed by atoms with Gasteiger partial charge in [-0.25, -0.2) is 14.4 Å². The third kappa shape index (κ3) is 4.61. The fourth-order valence-corrected chi connectivity index (χ4v) is 4.76. The first-order valence-electron chi connectivity index (χ1n) is 12.5. The Balaban J connectivity index is 1.75. The van der Waals surface area contributed by atoms with Crippen molar-refractivity contribution in [2.24, 2.45) is 0 Å². The Morgan fingerprint density at radius 3 is 2.58 bits per heavy atom. The second kappa shape index (κ2) is 10.4. The summed E-state index contributed by atoms with van der Waals surface area (Å²) in [7, 11) is 1.62. The topological polar surface area (TPSA) is 112 Å². The van der Waals surface area contributed by atoms with Gasteiger partial charge in [0.1, 0.15) is 17.4 Å². The maximum absolute atomic E-state index is 16.1. The largest absolute Gasteiger partial charge is 0.496 e. The number of H-pyrrole nitrogens is 1. The van der Waals surface area contributed by atoms with Gasteiger partial charge < -0.3 is 25.9 Å². The number of aromatic nitrogens is 3. The molecule has 0 spiro atoms. The molecule has 5 aromatic rings. The van der Waals surface area contributed by atoms with Gasteiger partial charge in [-0.05, 0) is 66.8 Å². The van der Waals surface area contributed by atoms with Crippen LogP contribution in [0.4, 0.5) is 15.9 Å². The van der Waals surface area contributed by atoms with Gasteiger partial charge in [-0.2, -0.15) is 0 Å². The maximum Gasteiger partial charge on any atom is 0.169 e. The molecule has 1 unspecified atom stereocenters. The van der Waals surface area contributed by atoms with Gasteiger partial charge >= 0.3 is 0 Å². The van der Waals surface area contributed by atoms with Crippen LogP contribution in [0.2, 0.25) is 0 Å². The molecule has 3 aromatic carbocycles. The summed E-state index contributed by atoms with van der Waals surface area (Å²) >= 11 is 0. The normalized spacial score (nSPS) is 12.0. The van der Waals surface area contributed by atoms with E-state index in [-0.39, 0.29) is 5.75 Å². The van der Waals surface area contributed by atoms with Crippen LogP contribution in [0.3, 0.4) is 0 Å². The van der Waals surface area contributed by atoms with Crippen molar-refractivity contribution in [1.29, 1.82) is 0 Å². The van der Waals surface area contributed by atoms with Gasteiger partial charge in [0.2, 0.25) is 0 Å². The predicted molar refractivity (Wildman–Crippen MR) is 149 cm³/mol. The summed E-state index contributed by atoms with van der Waals surface area (Å²) in [4.78, 5) is 12.8. The molecule has 38 heavy (non-hydrogen) atoms. The average molecular weight is 512 g/mol. The van der Waals surface area contributed by atoms with E-state index in [1.54, 1.807) is 25.4 Å². The highest BCUT2D eigenvalue weighted by Crippen LogP contribution is 2.39. The summed E-state index contributed by atoms with van der Waals surface area (Å²) < 4.78 is 27.3. The van der Waals surface area contributed by atoms with Crippen molar-refractivity contribution in [2.45, 2.75) is 26.2 Å². The zero-order chi connectivity index (χ0) is 26.8. The van der Waals surface area contributed by atoms with Crippen molar-refractivity contribution in [3.8, 4) is 22.8 Å². The molecule has 0 aliphatic rings. The van der Waals surface area contributed by atoms with Gasteiger partial charge in [0.25, 0.3) is 0 Å².